The Morgan fingerprint density at radius 3 is 2.32 bits per heavy atom. The van der Waals surface area contributed by atoms with Crippen LogP contribution in [-0.4, -0.2) is 34.4 Å². The lowest BCUT2D eigenvalue weighted by Crippen LogP contribution is -2.52. The summed E-state index contributed by atoms with van der Waals surface area (Å²) in [6, 6.07) is 10.8. The zero-order chi connectivity index (χ0) is 13.9. The minimum atomic E-state index is -0.156. The van der Waals surface area contributed by atoms with Crippen molar-refractivity contribution in [3.8, 4) is 0 Å². The Bertz CT molecular complexity index is 431. The van der Waals surface area contributed by atoms with Crippen molar-refractivity contribution >= 4 is 5.71 Å². The molecular formula is C16H24N2O. The van der Waals surface area contributed by atoms with Crippen LogP contribution < -0.4 is 0 Å². The molecule has 1 fully saturated rings. The third kappa shape index (κ3) is 2.98. The highest BCUT2D eigenvalue weighted by Gasteiger charge is 2.33. The summed E-state index contributed by atoms with van der Waals surface area (Å²) in [5.74, 6) is 0.666. The number of rotatable bonds is 3. The number of oxime groups is 1. The van der Waals surface area contributed by atoms with Gasteiger partial charge in [0.2, 0.25) is 0 Å². The standard InChI is InChI=1S/C16H24N2O/c1-13(17-19)16(2,3)18-11-9-15(10-12-18)14-7-5-4-6-8-14/h4-8,15,19H,9-12H2,1-3H3/b17-13-. The van der Waals surface area contributed by atoms with Crippen molar-refractivity contribution in [2.75, 3.05) is 13.1 Å². The minimum Gasteiger partial charge on any atom is -0.411 e. The molecule has 0 atom stereocenters. The van der Waals surface area contributed by atoms with Gasteiger partial charge in [0.25, 0.3) is 0 Å². The number of benzene rings is 1. The van der Waals surface area contributed by atoms with Gasteiger partial charge >= 0.3 is 0 Å². The molecule has 0 saturated carbocycles. The van der Waals surface area contributed by atoms with Gasteiger partial charge in [-0.1, -0.05) is 35.5 Å². The average molecular weight is 260 g/mol. The van der Waals surface area contributed by atoms with E-state index >= 15 is 0 Å². The van der Waals surface area contributed by atoms with E-state index in [-0.39, 0.29) is 5.54 Å². The van der Waals surface area contributed by atoms with E-state index in [0.717, 1.165) is 18.8 Å². The summed E-state index contributed by atoms with van der Waals surface area (Å²) in [5.41, 5.74) is 2.08. The molecule has 0 bridgehead atoms. The number of nitrogens with zero attached hydrogens (tertiary/aromatic N) is 2. The van der Waals surface area contributed by atoms with E-state index in [2.05, 4.69) is 54.2 Å². The molecule has 0 amide bonds. The van der Waals surface area contributed by atoms with Crippen LogP contribution in [0.2, 0.25) is 0 Å². The van der Waals surface area contributed by atoms with Crippen molar-refractivity contribution < 1.29 is 5.21 Å². The molecule has 1 aliphatic rings. The summed E-state index contributed by atoms with van der Waals surface area (Å²) in [5, 5.41) is 12.4. The molecule has 0 aromatic heterocycles. The second kappa shape index (κ2) is 5.74. The van der Waals surface area contributed by atoms with Crippen molar-refractivity contribution in [2.24, 2.45) is 5.16 Å². The van der Waals surface area contributed by atoms with Crippen LogP contribution in [0, 0.1) is 0 Å². The Morgan fingerprint density at radius 2 is 1.79 bits per heavy atom. The fraction of sp³-hybridized carbons (Fsp3) is 0.562. The first kappa shape index (κ1) is 14.1. The zero-order valence-electron chi connectivity index (χ0n) is 12.1. The van der Waals surface area contributed by atoms with Gasteiger partial charge < -0.3 is 5.21 Å². The lowest BCUT2D eigenvalue weighted by molar-refractivity contribution is 0.132. The van der Waals surface area contributed by atoms with Crippen molar-refractivity contribution in [1.82, 2.24) is 4.90 Å². The van der Waals surface area contributed by atoms with Crippen LogP contribution in [0.5, 0.6) is 0 Å². The summed E-state index contributed by atoms with van der Waals surface area (Å²) >= 11 is 0. The number of piperidine rings is 1. The van der Waals surface area contributed by atoms with Gasteiger partial charge in [0, 0.05) is 0 Å². The molecule has 3 nitrogen and oxygen atoms in total. The molecule has 104 valence electrons. The fourth-order valence-corrected chi connectivity index (χ4v) is 2.85. The Kier molecular flexibility index (Phi) is 4.25. The van der Waals surface area contributed by atoms with Gasteiger partial charge in [-0.3, -0.25) is 4.90 Å². The third-order valence-corrected chi connectivity index (χ3v) is 4.59. The predicted molar refractivity (Wildman–Crippen MR) is 79.0 cm³/mol. The molecular weight excluding hydrogens is 236 g/mol. The molecule has 1 heterocycles. The molecule has 3 heteroatoms. The van der Waals surface area contributed by atoms with Crippen molar-refractivity contribution in [3.05, 3.63) is 35.9 Å². The molecule has 2 rings (SSSR count). The molecule has 0 unspecified atom stereocenters. The Morgan fingerprint density at radius 1 is 1.21 bits per heavy atom. The molecule has 0 spiro atoms. The molecule has 19 heavy (non-hydrogen) atoms. The van der Waals surface area contributed by atoms with Gasteiger partial charge in [-0.15, -0.1) is 0 Å². The van der Waals surface area contributed by atoms with E-state index in [1.165, 1.54) is 18.4 Å². The predicted octanol–water partition coefficient (Wildman–Crippen LogP) is 3.49. The van der Waals surface area contributed by atoms with Crippen LogP contribution in [0.25, 0.3) is 0 Å². The Balaban J connectivity index is 2.00. The smallest absolute Gasteiger partial charge is 0.0736 e. The molecule has 1 N–H and O–H groups in total. The first-order chi connectivity index (χ1) is 9.05. The average Bonchev–Trinajstić information content (AvgIpc) is 2.47. The summed E-state index contributed by atoms with van der Waals surface area (Å²) in [4.78, 5) is 2.42. The van der Waals surface area contributed by atoms with Crippen LogP contribution in [-0.2, 0) is 0 Å². The highest BCUT2D eigenvalue weighted by Crippen LogP contribution is 2.31. The summed E-state index contributed by atoms with van der Waals surface area (Å²) in [6.07, 6.45) is 2.35. The van der Waals surface area contributed by atoms with Crippen LogP contribution in [0.3, 0.4) is 0 Å². The van der Waals surface area contributed by atoms with Gasteiger partial charge in [0.1, 0.15) is 0 Å². The van der Waals surface area contributed by atoms with Gasteiger partial charge in [0.05, 0.1) is 11.3 Å². The van der Waals surface area contributed by atoms with E-state index in [9.17, 15) is 0 Å². The number of likely N-dealkylation sites (tertiary alicyclic amines) is 1. The van der Waals surface area contributed by atoms with E-state index in [1.54, 1.807) is 0 Å². The second-order valence-corrected chi connectivity index (χ2v) is 5.92. The van der Waals surface area contributed by atoms with Crippen molar-refractivity contribution in [1.29, 1.82) is 0 Å². The maximum Gasteiger partial charge on any atom is 0.0736 e. The van der Waals surface area contributed by atoms with Gasteiger partial charge in [-0.05, 0) is 58.2 Å². The highest BCUT2D eigenvalue weighted by atomic mass is 16.4. The molecule has 0 aliphatic carbocycles. The first-order valence-electron chi connectivity index (χ1n) is 7.05. The van der Waals surface area contributed by atoms with Crippen LogP contribution in [0.15, 0.2) is 35.5 Å². The number of hydrogen-bond acceptors (Lipinski definition) is 3. The van der Waals surface area contributed by atoms with E-state index in [0.29, 0.717) is 5.92 Å². The quantitative estimate of drug-likeness (QED) is 0.513. The van der Waals surface area contributed by atoms with Crippen LogP contribution >= 0.6 is 0 Å². The lowest BCUT2D eigenvalue weighted by atomic mass is 9.86. The third-order valence-electron chi connectivity index (χ3n) is 4.59. The molecule has 1 aromatic carbocycles. The summed E-state index contributed by atoms with van der Waals surface area (Å²) in [7, 11) is 0. The lowest BCUT2D eigenvalue weighted by Gasteiger charge is -2.42. The van der Waals surface area contributed by atoms with Crippen molar-refractivity contribution in [2.45, 2.75) is 45.1 Å². The first-order valence-corrected chi connectivity index (χ1v) is 7.05. The zero-order valence-corrected chi connectivity index (χ0v) is 12.1. The molecule has 0 radical (unpaired) electrons. The van der Waals surface area contributed by atoms with E-state index in [1.807, 2.05) is 6.92 Å². The van der Waals surface area contributed by atoms with E-state index < -0.39 is 0 Å². The number of hydrogen-bond donors (Lipinski definition) is 1. The van der Waals surface area contributed by atoms with Crippen LogP contribution in [0.1, 0.15) is 45.1 Å². The Labute approximate surface area is 115 Å². The minimum absolute atomic E-state index is 0.156. The summed E-state index contributed by atoms with van der Waals surface area (Å²) in [6.45, 7) is 8.26. The van der Waals surface area contributed by atoms with Crippen LogP contribution in [0.4, 0.5) is 0 Å². The summed E-state index contributed by atoms with van der Waals surface area (Å²) < 4.78 is 0. The topological polar surface area (TPSA) is 35.8 Å². The maximum atomic E-state index is 8.99. The SMILES string of the molecule is C/C(=N/O)C(C)(C)N1CCC(c2ccccc2)CC1. The maximum absolute atomic E-state index is 8.99. The van der Waals surface area contributed by atoms with E-state index in [4.69, 9.17) is 5.21 Å². The van der Waals surface area contributed by atoms with Crippen molar-refractivity contribution in [3.63, 3.8) is 0 Å². The molecule has 1 saturated heterocycles. The largest absolute Gasteiger partial charge is 0.411 e. The normalized spacial score (nSPS) is 19.6. The van der Waals surface area contributed by atoms with Gasteiger partial charge in [-0.25, -0.2) is 0 Å². The second-order valence-electron chi connectivity index (χ2n) is 5.92. The highest BCUT2D eigenvalue weighted by molar-refractivity contribution is 5.90. The Hall–Kier alpha value is -1.35. The van der Waals surface area contributed by atoms with Gasteiger partial charge in [0.15, 0.2) is 0 Å². The fourth-order valence-electron chi connectivity index (χ4n) is 2.85. The monoisotopic (exact) mass is 260 g/mol. The molecule has 1 aliphatic heterocycles. The van der Waals surface area contributed by atoms with Gasteiger partial charge in [-0.2, -0.15) is 0 Å². The molecule has 1 aromatic rings.